The Kier molecular flexibility index (Phi) is 6.53. The molecule has 2 aliphatic rings. The number of hydrogen-bond acceptors (Lipinski definition) is 3. The minimum atomic E-state index is -0.0477. The molecule has 0 aliphatic carbocycles. The van der Waals surface area contributed by atoms with Crippen molar-refractivity contribution >= 4 is 35.7 Å². The van der Waals surface area contributed by atoms with E-state index in [1.54, 1.807) is 6.07 Å². The first-order valence-electron chi connectivity index (χ1n) is 8.75. The first kappa shape index (κ1) is 19.4. The minimum Gasteiger partial charge on any atom is -0.399 e. The van der Waals surface area contributed by atoms with Crippen molar-refractivity contribution < 1.29 is 9.59 Å². The first-order valence-corrected chi connectivity index (χ1v) is 8.75. The number of hydrogen-bond donors (Lipinski definition) is 2. The topological polar surface area (TPSA) is 78.7 Å². The van der Waals surface area contributed by atoms with Crippen molar-refractivity contribution in [2.45, 2.75) is 32.6 Å². The lowest BCUT2D eigenvalue weighted by Crippen LogP contribution is -2.47. The van der Waals surface area contributed by atoms with Gasteiger partial charge < -0.3 is 20.9 Å². The summed E-state index contributed by atoms with van der Waals surface area (Å²) in [5.41, 5.74) is 8.21. The van der Waals surface area contributed by atoms with Gasteiger partial charge in [-0.1, -0.05) is 6.07 Å². The second-order valence-corrected chi connectivity index (χ2v) is 6.80. The van der Waals surface area contributed by atoms with Crippen LogP contribution in [0.2, 0.25) is 0 Å². The Labute approximate surface area is 155 Å². The molecule has 0 radical (unpaired) electrons. The molecule has 3 N–H and O–H groups in total. The van der Waals surface area contributed by atoms with Crippen LogP contribution in [-0.2, 0) is 4.79 Å². The number of benzene rings is 1. The Hall–Kier alpha value is -1.95. The van der Waals surface area contributed by atoms with E-state index in [4.69, 9.17) is 5.73 Å². The molecule has 2 saturated heterocycles. The zero-order chi connectivity index (χ0) is 17.1. The molecule has 0 aromatic heterocycles. The number of likely N-dealkylation sites (tertiary alicyclic amines) is 2. The summed E-state index contributed by atoms with van der Waals surface area (Å²) >= 11 is 0. The predicted molar refractivity (Wildman–Crippen MR) is 102 cm³/mol. The van der Waals surface area contributed by atoms with E-state index in [0.29, 0.717) is 31.6 Å². The van der Waals surface area contributed by atoms with Gasteiger partial charge in [-0.3, -0.25) is 4.79 Å². The molecule has 2 aliphatic heterocycles. The zero-order valence-electron chi connectivity index (χ0n) is 14.7. The second-order valence-electron chi connectivity index (χ2n) is 6.80. The molecule has 2 fully saturated rings. The summed E-state index contributed by atoms with van der Waals surface area (Å²) in [6.07, 6.45) is 3.63. The Morgan fingerprint density at radius 3 is 2.32 bits per heavy atom. The Balaban J connectivity index is 0.00000225. The van der Waals surface area contributed by atoms with Gasteiger partial charge in [0, 0.05) is 43.5 Å². The number of nitrogens with zero attached hydrogens (tertiary/aromatic N) is 2. The van der Waals surface area contributed by atoms with E-state index >= 15 is 0 Å². The molecule has 3 amide bonds. The number of halogens is 1. The number of nitrogens with two attached hydrogens (primary N) is 1. The van der Waals surface area contributed by atoms with Crippen molar-refractivity contribution in [3.05, 3.63) is 23.8 Å². The summed E-state index contributed by atoms with van der Waals surface area (Å²) in [7, 11) is 0. The number of carbonyl (C=O) groups is 2. The highest BCUT2D eigenvalue weighted by Crippen LogP contribution is 2.23. The number of aryl methyl sites for hydroxylation is 1. The zero-order valence-corrected chi connectivity index (χ0v) is 15.5. The summed E-state index contributed by atoms with van der Waals surface area (Å²) in [5.74, 6) is -0.0227. The van der Waals surface area contributed by atoms with Crippen LogP contribution in [0.5, 0.6) is 0 Å². The third kappa shape index (κ3) is 4.57. The molecule has 0 spiro atoms. The molecule has 1 aromatic carbocycles. The molecule has 1 aromatic rings. The molecule has 2 heterocycles. The van der Waals surface area contributed by atoms with Gasteiger partial charge in [0.15, 0.2) is 0 Å². The number of nitrogens with one attached hydrogen (secondary N) is 1. The number of carbonyl (C=O) groups excluding carboxylic acids is 2. The number of nitrogen functional groups attached to an aromatic ring is 1. The van der Waals surface area contributed by atoms with Gasteiger partial charge in [-0.15, -0.1) is 12.4 Å². The van der Waals surface area contributed by atoms with Crippen molar-refractivity contribution in [2.24, 2.45) is 5.92 Å². The maximum atomic E-state index is 12.5. The Bertz CT molecular complexity index is 624. The summed E-state index contributed by atoms with van der Waals surface area (Å²) in [6, 6.07) is 5.66. The van der Waals surface area contributed by atoms with Crippen LogP contribution in [0.15, 0.2) is 18.2 Å². The van der Waals surface area contributed by atoms with Crippen LogP contribution < -0.4 is 11.1 Å². The smallest absolute Gasteiger partial charge is 0.319 e. The van der Waals surface area contributed by atoms with Crippen LogP contribution >= 0.6 is 12.4 Å². The van der Waals surface area contributed by atoms with Crippen LogP contribution in [0.25, 0.3) is 0 Å². The third-order valence-electron chi connectivity index (χ3n) is 5.03. The molecule has 0 atom stereocenters. The highest BCUT2D eigenvalue weighted by atomic mass is 35.5. The van der Waals surface area contributed by atoms with Crippen LogP contribution in [-0.4, -0.2) is 47.9 Å². The second kappa shape index (κ2) is 8.43. The van der Waals surface area contributed by atoms with E-state index in [-0.39, 0.29) is 30.3 Å². The van der Waals surface area contributed by atoms with Gasteiger partial charge >= 0.3 is 6.03 Å². The number of anilines is 2. The maximum Gasteiger partial charge on any atom is 0.319 e. The van der Waals surface area contributed by atoms with Gasteiger partial charge in [0.2, 0.25) is 5.91 Å². The summed E-state index contributed by atoms with van der Waals surface area (Å²) in [5, 5.41) is 2.99. The lowest BCUT2D eigenvalue weighted by Gasteiger charge is -2.34. The normalized spacial score (nSPS) is 18.0. The molecule has 0 bridgehead atoms. The van der Waals surface area contributed by atoms with Gasteiger partial charge in [-0.05, 0) is 50.3 Å². The highest BCUT2D eigenvalue weighted by Gasteiger charge is 2.30. The molecule has 25 heavy (non-hydrogen) atoms. The Morgan fingerprint density at radius 1 is 1.08 bits per heavy atom. The van der Waals surface area contributed by atoms with Gasteiger partial charge in [-0.25, -0.2) is 4.79 Å². The van der Waals surface area contributed by atoms with Gasteiger partial charge in [0.05, 0.1) is 0 Å². The van der Waals surface area contributed by atoms with Crippen LogP contribution in [0.3, 0.4) is 0 Å². The largest absolute Gasteiger partial charge is 0.399 e. The summed E-state index contributed by atoms with van der Waals surface area (Å²) in [4.78, 5) is 28.7. The number of piperidine rings is 1. The average molecular weight is 367 g/mol. The van der Waals surface area contributed by atoms with Crippen LogP contribution in [0.1, 0.15) is 31.2 Å². The molecule has 6 nitrogen and oxygen atoms in total. The van der Waals surface area contributed by atoms with Crippen molar-refractivity contribution in [2.75, 3.05) is 37.2 Å². The van der Waals surface area contributed by atoms with E-state index in [0.717, 1.165) is 37.2 Å². The van der Waals surface area contributed by atoms with Crippen molar-refractivity contribution in [1.29, 1.82) is 0 Å². The summed E-state index contributed by atoms with van der Waals surface area (Å²) < 4.78 is 0. The van der Waals surface area contributed by atoms with Gasteiger partial charge in [0.25, 0.3) is 0 Å². The fraction of sp³-hybridized carbons (Fsp3) is 0.556. The molecular weight excluding hydrogens is 340 g/mol. The van der Waals surface area contributed by atoms with E-state index < -0.39 is 0 Å². The van der Waals surface area contributed by atoms with Crippen LogP contribution in [0.4, 0.5) is 16.2 Å². The van der Waals surface area contributed by atoms with E-state index in [1.165, 1.54) is 0 Å². The predicted octanol–water partition coefficient (Wildman–Crippen LogP) is 2.87. The van der Waals surface area contributed by atoms with E-state index in [9.17, 15) is 9.59 Å². The van der Waals surface area contributed by atoms with Crippen LogP contribution in [0, 0.1) is 12.8 Å². The number of rotatable bonds is 2. The molecule has 0 unspecified atom stereocenters. The lowest BCUT2D eigenvalue weighted by molar-refractivity contribution is -0.121. The minimum absolute atomic E-state index is 0. The monoisotopic (exact) mass is 366 g/mol. The quantitative estimate of drug-likeness (QED) is 0.790. The summed E-state index contributed by atoms with van der Waals surface area (Å²) in [6.45, 7) is 5.00. The molecule has 0 saturated carbocycles. The van der Waals surface area contributed by atoms with Crippen molar-refractivity contribution in [3.8, 4) is 0 Å². The molecule has 3 rings (SSSR count). The SMILES string of the molecule is Cc1ccc(N)cc1NC(=O)C1CCN(C(=O)N2CCCC2)CC1.Cl. The fourth-order valence-electron chi connectivity index (χ4n) is 3.45. The van der Waals surface area contributed by atoms with E-state index in [2.05, 4.69) is 5.32 Å². The maximum absolute atomic E-state index is 12.5. The molecule has 138 valence electrons. The van der Waals surface area contributed by atoms with E-state index in [1.807, 2.05) is 28.9 Å². The number of amides is 3. The number of urea groups is 1. The third-order valence-corrected chi connectivity index (χ3v) is 5.03. The molecule has 7 heteroatoms. The van der Waals surface area contributed by atoms with Gasteiger partial charge in [-0.2, -0.15) is 0 Å². The molecular formula is C18H27ClN4O2. The van der Waals surface area contributed by atoms with Gasteiger partial charge in [0.1, 0.15) is 0 Å². The standard InChI is InChI=1S/C18H26N4O2.ClH/c1-13-4-5-15(19)12-16(13)20-17(23)14-6-10-22(11-7-14)18(24)21-8-2-3-9-21;/h4-5,12,14H,2-3,6-11,19H2,1H3,(H,20,23);1H. The Morgan fingerprint density at radius 2 is 1.68 bits per heavy atom. The lowest BCUT2D eigenvalue weighted by atomic mass is 9.96. The van der Waals surface area contributed by atoms with Crippen molar-refractivity contribution in [1.82, 2.24) is 9.80 Å². The first-order chi connectivity index (χ1) is 11.5. The highest BCUT2D eigenvalue weighted by molar-refractivity contribution is 5.94. The van der Waals surface area contributed by atoms with Crippen molar-refractivity contribution in [3.63, 3.8) is 0 Å². The average Bonchev–Trinajstić information content (AvgIpc) is 3.12. The fourth-order valence-corrected chi connectivity index (χ4v) is 3.45.